The number of aliphatic hydroxyl groups is 1. The molecule has 1 heterocycles. The van der Waals surface area contributed by atoms with Gasteiger partial charge in [-0.15, -0.1) is 0 Å². The van der Waals surface area contributed by atoms with Gasteiger partial charge in [0.1, 0.15) is 16.9 Å². The lowest BCUT2D eigenvalue weighted by Gasteiger charge is -2.10. The van der Waals surface area contributed by atoms with Crippen LogP contribution in [0.25, 0.3) is 22.1 Å². The van der Waals surface area contributed by atoms with E-state index in [-0.39, 0.29) is 46.7 Å². The van der Waals surface area contributed by atoms with E-state index in [1.165, 1.54) is 19.2 Å². The van der Waals surface area contributed by atoms with Crippen LogP contribution in [0.5, 0.6) is 11.7 Å². The van der Waals surface area contributed by atoms with Gasteiger partial charge >= 0.3 is 0 Å². The maximum atomic E-state index is 12.8. The van der Waals surface area contributed by atoms with E-state index >= 15 is 0 Å². The number of hydrogen-bond acceptors (Lipinski definition) is 6. The molecule has 0 saturated heterocycles. The third kappa shape index (κ3) is 2.99. The highest BCUT2D eigenvalue weighted by Crippen LogP contribution is 2.32. The van der Waals surface area contributed by atoms with Gasteiger partial charge in [0.15, 0.2) is 5.78 Å². The lowest BCUT2D eigenvalue weighted by atomic mass is 10.0. The molecule has 3 aromatic rings. The average Bonchev–Trinajstić information content (AvgIpc) is 2.62. The molecule has 3 rings (SSSR count). The topological polar surface area (TPSA) is 97.0 Å². The summed E-state index contributed by atoms with van der Waals surface area (Å²) in [5.41, 5.74) is 0.396. The summed E-state index contributed by atoms with van der Waals surface area (Å²) in [4.78, 5) is 24.9. The fourth-order valence-electron chi connectivity index (χ4n) is 2.69. The molecule has 2 aromatic carbocycles. The number of aliphatic hydroxyl groups excluding tert-OH is 1. The lowest BCUT2D eigenvalue weighted by Crippen LogP contribution is -2.09. The molecule has 6 heteroatoms. The molecule has 0 aliphatic heterocycles. The van der Waals surface area contributed by atoms with Crippen LogP contribution in [0, 0.1) is 0 Å². The minimum Gasteiger partial charge on any atom is -0.496 e. The molecular weight excluding hydrogens is 324 g/mol. The fraction of sp³-hybridized carbons (Fsp3) is 0.158. The first kappa shape index (κ1) is 16.7. The van der Waals surface area contributed by atoms with Crippen LogP contribution >= 0.6 is 0 Å². The van der Waals surface area contributed by atoms with Crippen LogP contribution in [0.15, 0.2) is 51.7 Å². The van der Waals surface area contributed by atoms with E-state index in [1.807, 2.05) is 0 Å². The number of ketones is 1. The summed E-state index contributed by atoms with van der Waals surface area (Å²) in [7, 11) is 1.39. The maximum Gasteiger partial charge on any atom is 0.294 e. The van der Waals surface area contributed by atoms with Gasteiger partial charge in [-0.3, -0.25) is 9.59 Å². The number of methoxy groups -OCH3 is 1. The van der Waals surface area contributed by atoms with Crippen molar-refractivity contribution in [3.63, 3.8) is 0 Å². The zero-order valence-corrected chi connectivity index (χ0v) is 13.5. The Morgan fingerprint density at radius 1 is 1.20 bits per heavy atom. The molecule has 0 atom stereocenters. The third-order valence-corrected chi connectivity index (χ3v) is 3.90. The van der Waals surface area contributed by atoms with E-state index in [0.717, 1.165) is 0 Å². The lowest BCUT2D eigenvalue weighted by molar-refractivity contribution is 0.0953. The summed E-state index contributed by atoms with van der Waals surface area (Å²) in [6.07, 6.45) is -0.0832. The number of hydrogen-bond donors (Lipinski definition) is 2. The molecule has 25 heavy (non-hydrogen) atoms. The summed E-state index contributed by atoms with van der Waals surface area (Å²) < 4.78 is 10.6. The quantitative estimate of drug-likeness (QED) is 0.693. The van der Waals surface area contributed by atoms with Gasteiger partial charge in [-0.1, -0.05) is 30.3 Å². The van der Waals surface area contributed by atoms with Crippen molar-refractivity contribution in [2.24, 2.45) is 0 Å². The molecule has 0 radical (unpaired) electrons. The Morgan fingerprint density at radius 2 is 1.92 bits per heavy atom. The normalized spacial score (nSPS) is 10.8. The zero-order chi connectivity index (χ0) is 18.0. The Labute approximate surface area is 142 Å². The number of carbonyl (C=O) groups is 1. The van der Waals surface area contributed by atoms with Crippen molar-refractivity contribution in [2.75, 3.05) is 13.7 Å². The van der Waals surface area contributed by atoms with E-state index in [1.54, 1.807) is 30.3 Å². The molecule has 0 aliphatic rings. The number of carbonyl (C=O) groups excluding carboxylic acids is 1. The molecule has 0 fully saturated rings. The number of rotatable bonds is 5. The van der Waals surface area contributed by atoms with Gasteiger partial charge in [0, 0.05) is 6.42 Å². The summed E-state index contributed by atoms with van der Waals surface area (Å²) in [5, 5.41) is 19.3. The summed E-state index contributed by atoms with van der Waals surface area (Å²) in [6, 6.07) is 11.4. The Kier molecular flexibility index (Phi) is 4.54. The average molecular weight is 340 g/mol. The first-order chi connectivity index (χ1) is 12.1. The molecule has 6 nitrogen and oxygen atoms in total. The van der Waals surface area contributed by atoms with Crippen LogP contribution in [-0.2, 0) is 0 Å². The monoisotopic (exact) mass is 340 g/mol. The highest BCUT2D eigenvalue weighted by Gasteiger charge is 2.20. The maximum absolute atomic E-state index is 12.8. The first-order valence-electron chi connectivity index (χ1n) is 7.64. The first-order valence-corrected chi connectivity index (χ1v) is 7.64. The number of Topliss-reactive ketones (excluding diaryl/α,β-unsaturated/α-hetero) is 1. The number of benzene rings is 2. The zero-order valence-electron chi connectivity index (χ0n) is 13.5. The molecule has 1 aromatic heterocycles. The second kappa shape index (κ2) is 6.78. The van der Waals surface area contributed by atoms with E-state index in [9.17, 15) is 14.7 Å². The standard InChI is InChI=1S/C19H16O6/c1-24-15-10-13-16(9-12(15)14(21)7-8-20)25-19(23)17(18(13)22)11-5-3-2-4-6-11/h2-6,9-10,20,23H,7-8H2,1H3. The molecule has 0 bridgehead atoms. The van der Waals surface area contributed by atoms with Gasteiger partial charge < -0.3 is 19.4 Å². The third-order valence-electron chi connectivity index (χ3n) is 3.90. The van der Waals surface area contributed by atoms with Crippen molar-refractivity contribution in [2.45, 2.75) is 6.42 Å². The summed E-state index contributed by atoms with van der Waals surface area (Å²) in [5.74, 6) is -0.659. The predicted molar refractivity (Wildman–Crippen MR) is 92.2 cm³/mol. The highest BCUT2D eigenvalue weighted by atomic mass is 16.5. The Morgan fingerprint density at radius 3 is 2.56 bits per heavy atom. The summed E-state index contributed by atoms with van der Waals surface area (Å²) in [6.45, 7) is -0.303. The van der Waals surface area contributed by atoms with Crippen molar-refractivity contribution >= 4 is 16.8 Å². The molecule has 0 unspecified atom stereocenters. The predicted octanol–water partition coefficient (Wildman–Crippen LogP) is 2.74. The van der Waals surface area contributed by atoms with Crippen molar-refractivity contribution in [1.82, 2.24) is 0 Å². The highest BCUT2D eigenvalue weighted by molar-refractivity contribution is 6.02. The van der Waals surface area contributed by atoms with Crippen molar-refractivity contribution in [1.29, 1.82) is 0 Å². The fourth-order valence-corrected chi connectivity index (χ4v) is 2.69. The van der Waals surface area contributed by atoms with Crippen molar-refractivity contribution < 1.29 is 24.2 Å². The van der Waals surface area contributed by atoms with Gasteiger partial charge in [-0.2, -0.15) is 0 Å². The molecule has 0 amide bonds. The van der Waals surface area contributed by atoms with Crippen molar-refractivity contribution in [3.05, 3.63) is 58.3 Å². The number of fused-ring (bicyclic) bond motifs is 1. The van der Waals surface area contributed by atoms with Crippen LogP contribution in [0.2, 0.25) is 0 Å². The molecule has 2 N–H and O–H groups in total. The smallest absolute Gasteiger partial charge is 0.294 e. The van der Waals surface area contributed by atoms with Crippen molar-refractivity contribution in [3.8, 4) is 22.8 Å². The molecule has 128 valence electrons. The van der Waals surface area contributed by atoms with Gasteiger partial charge in [-0.25, -0.2) is 0 Å². The van der Waals surface area contributed by atoms with Crippen LogP contribution in [0.4, 0.5) is 0 Å². The van der Waals surface area contributed by atoms with Gasteiger partial charge in [0.25, 0.3) is 5.95 Å². The molecular formula is C19H16O6. The Balaban J connectivity index is 2.28. The van der Waals surface area contributed by atoms with Crippen LogP contribution < -0.4 is 10.2 Å². The van der Waals surface area contributed by atoms with E-state index in [4.69, 9.17) is 14.3 Å². The van der Waals surface area contributed by atoms with Gasteiger partial charge in [0.05, 0.1) is 24.7 Å². The molecule has 0 aliphatic carbocycles. The van der Waals surface area contributed by atoms with Crippen LogP contribution in [0.3, 0.4) is 0 Å². The second-order valence-corrected chi connectivity index (χ2v) is 5.42. The molecule has 0 spiro atoms. The van der Waals surface area contributed by atoms with E-state index in [0.29, 0.717) is 5.56 Å². The Bertz CT molecular complexity index is 988. The van der Waals surface area contributed by atoms with Crippen LogP contribution in [0.1, 0.15) is 16.8 Å². The number of ether oxygens (including phenoxy) is 1. The molecule has 0 saturated carbocycles. The minimum atomic E-state index is -0.519. The van der Waals surface area contributed by atoms with E-state index < -0.39 is 11.4 Å². The summed E-state index contributed by atoms with van der Waals surface area (Å²) >= 11 is 0. The van der Waals surface area contributed by atoms with Gasteiger partial charge in [0.2, 0.25) is 5.43 Å². The Hall–Kier alpha value is -3.12. The number of aromatic hydroxyl groups is 1. The van der Waals surface area contributed by atoms with Gasteiger partial charge in [-0.05, 0) is 17.7 Å². The SMILES string of the molecule is COc1cc2c(=O)c(-c3ccccc3)c(O)oc2cc1C(=O)CCO. The van der Waals surface area contributed by atoms with Crippen LogP contribution in [-0.4, -0.2) is 29.7 Å². The van der Waals surface area contributed by atoms with E-state index in [2.05, 4.69) is 0 Å². The largest absolute Gasteiger partial charge is 0.496 e. The minimum absolute atomic E-state index is 0.0459. The second-order valence-electron chi connectivity index (χ2n) is 5.42.